The smallest absolute Gasteiger partial charge is 0.196 e. The lowest BCUT2D eigenvalue weighted by atomic mass is 9.83. The van der Waals surface area contributed by atoms with Crippen LogP contribution in [0.1, 0.15) is 72.5 Å². The highest BCUT2D eigenvalue weighted by molar-refractivity contribution is 6.27. The number of rotatable bonds is 2. The van der Waals surface area contributed by atoms with Crippen molar-refractivity contribution in [1.29, 1.82) is 0 Å². The summed E-state index contributed by atoms with van der Waals surface area (Å²) in [6.07, 6.45) is 7.88. The van der Waals surface area contributed by atoms with Crippen molar-refractivity contribution in [3.63, 3.8) is 0 Å². The van der Waals surface area contributed by atoms with Crippen molar-refractivity contribution < 1.29 is 9.59 Å². The highest BCUT2D eigenvalue weighted by Crippen LogP contribution is 2.31. The first-order valence-electron chi connectivity index (χ1n) is 8.48. The number of carbonyl (C=O) groups is 2. The fourth-order valence-corrected chi connectivity index (χ4v) is 3.89. The minimum absolute atomic E-state index is 0.0275. The summed E-state index contributed by atoms with van der Waals surface area (Å²) in [4.78, 5) is 25.3. The van der Waals surface area contributed by atoms with E-state index in [0.717, 1.165) is 43.2 Å². The van der Waals surface area contributed by atoms with E-state index in [0.29, 0.717) is 12.0 Å². The summed E-state index contributed by atoms with van der Waals surface area (Å²) in [6.45, 7) is 4.08. The molecule has 1 aromatic carbocycles. The summed E-state index contributed by atoms with van der Waals surface area (Å²) < 4.78 is 0. The maximum atomic E-state index is 13.0. The second kappa shape index (κ2) is 6.20. The third-order valence-electron chi connectivity index (χ3n) is 5.15. The van der Waals surface area contributed by atoms with Gasteiger partial charge in [0.1, 0.15) is 0 Å². The molecule has 116 valence electrons. The standard InChI is InChI=1S/C20H24O2/c1-13-11-12-17(16-9-5-3-4-8-15(13)16)20(22)19-14(2)7-6-10-18(19)21/h11-12H,3-10H2,1-2H3. The number of benzene rings is 1. The van der Waals surface area contributed by atoms with E-state index in [1.165, 1.54) is 29.5 Å². The molecule has 0 N–H and O–H groups in total. The van der Waals surface area contributed by atoms with Crippen molar-refractivity contribution in [3.8, 4) is 0 Å². The van der Waals surface area contributed by atoms with Crippen LogP contribution in [0.5, 0.6) is 0 Å². The van der Waals surface area contributed by atoms with Crippen molar-refractivity contribution >= 4 is 11.6 Å². The molecule has 0 saturated carbocycles. The van der Waals surface area contributed by atoms with Gasteiger partial charge in [-0.25, -0.2) is 0 Å². The molecular formula is C20H24O2. The molecular weight excluding hydrogens is 272 g/mol. The van der Waals surface area contributed by atoms with Gasteiger partial charge in [0.2, 0.25) is 0 Å². The van der Waals surface area contributed by atoms with Gasteiger partial charge in [-0.05, 0) is 69.1 Å². The first-order chi connectivity index (χ1) is 10.6. The van der Waals surface area contributed by atoms with E-state index in [9.17, 15) is 9.59 Å². The van der Waals surface area contributed by atoms with Crippen LogP contribution >= 0.6 is 0 Å². The SMILES string of the molecule is CC1=C(C(=O)c2ccc(C)c3c2CCCCC3)C(=O)CCC1. The molecule has 2 aliphatic carbocycles. The maximum absolute atomic E-state index is 13.0. The van der Waals surface area contributed by atoms with E-state index in [4.69, 9.17) is 0 Å². The molecule has 0 saturated heterocycles. The number of aryl methyl sites for hydroxylation is 1. The van der Waals surface area contributed by atoms with Gasteiger partial charge in [-0.1, -0.05) is 24.1 Å². The van der Waals surface area contributed by atoms with Crippen molar-refractivity contribution in [2.45, 2.75) is 65.2 Å². The number of allylic oxidation sites excluding steroid dienone is 2. The third-order valence-corrected chi connectivity index (χ3v) is 5.15. The lowest BCUT2D eigenvalue weighted by Crippen LogP contribution is -2.20. The molecule has 0 fully saturated rings. The van der Waals surface area contributed by atoms with Crippen LogP contribution in [0.2, 0.25) is 0 Å². The molecule has 0 heterocycles. The zero-order chi connectivity index (χ0) is 15.7. The molecule has 0 aromatic heterocycles. The van der Waals surface area contributed by atoms with Gasteiger partial charge in [-0.3, -0.25) is 9.59 Å². The van der Waals surface area contributed by atoms with Crippen LogP contribution in [0.3, 0.4) is 0 Å². The number of hydrogen-bond donors (Lipinski definition) is 0. The summed E-state index contributed by atoms with van der Waals surface area (Å²) in [5.41, 5.74) is 6.08. The predicted molar refractivity (Wildman–Crippen MR) is 88.3 cm³/mol. The Bertz CT molecular complexity index is 665. The van der Waals surface area contributed by atoms with Gasteiger partial charge in [0.05, 0.1) is 5.57 Å². The summed E-state index contributed by atoms with van der Waals surface area (Å²) in [5, 5.41) is 0. The number of carbonyl (C=O) groups excluding carboxylic acids is 2. The summed E-state index contributed by atoms with van der Waals surface area (Å²) >= 11 is 0. The number of ketones is 2. The highest BCUT2D eigenvalue weighted by Gasteiger charge is 2.28. The minimum atomic E-state index is -0.0275. The number of fused-ring (bicyclic) bond motifs is 1. The Kier molecular flexibility index (Phi) is 4.28. The van der Waals surface area contributed by atoms with Crippen LogP contribution in [0.4, 0.5) is 0 Å². The van der Waals surface area contributed by atoms with Crippen LogP contribution in [-0.2, 0) is 17.6 Å². The Hall–Kier alpha value is -1.70. The Labute approximate surface area is 132 Å². The van der Waals surface area contributed by atoms with E-state index < -0.39 is 0 Å². The summed E-state index contributed by atoms with van der Waals surface area (Å²) in [6, 6.07) is 4.00. The van der Waals surface area contributed by atoms with Crippen LogP contribution in [0, 0.1) is 6.92 Å². The molecule has 0 atom stereocenters. The van der Waals surface area contributed by atoms with Gasteiger partial charge >= 0.3 is 0 Å². The molecule has 2 nitrogen and oxygen atoms in total. The van der Waals surface area contributed by atoms with Gasteiger partial charge in [0, 0.05) is 12.0 Å². The molecule has 0 bridgehead atoms. The molecule has 0 unspecified atom stereocenters. The monoisotopic (exact) mass is 296 g/mol. The summed E-state index contributed by atoms with van der Waals surface area (Å²) in [7, 11) is 0. The maximum Gasteiger partial charge on any atom is 0.196 e. The van der Waals surface area contributed by atoms with Crippen molar-refractivity contribution in [1.82, 2.24) is 0 Å². The fourth-order valence-electron chi connectivity index (χ4n) is 3.89. The number of hydrogen-bond acceptors (Lipinski definition) is 2. The molecule has 0 spiro atoms. The van der Waals surface area contributed by atoms with E-state index >= 15 is 0 Å². The van der Waals surface area contributed by atoms with E-state index in [1.54, 1.807) is 0 Å². The van der Waals surface area contributed by atoms with Gasteiger partial charge in [-0.15, -0.1) is 0 Å². The lowest BCUT2D eigenvalue weighted by Gasteiger charge is -2.19. The zero-order valence-electron chi connectivity index (χ0n) is 13.6. The normalized spacial score (nSPS) is 18.9. The fraction of sp³-hybridized carbons (Fsp3) is 0.500. The first kappa shape index (κ1) is 15.2. The molecule has 1 aromatic rings. The van der Waals surface area contributed by atoms with Crippen LogP contribution in [0.25, 0.3) is 0 Å². The van der Waals surface area contributed by atoms with Crippen LogP contribution in [0.15, 0.2) is 23.3 Å². The molecule has 0 aliphatic heterocycles. The van der Waals surface area contributed by atoms with Crippen molar-refractivity contribution in [2.75, 3.05) is 0 Å². The predicted octanol–water partition coefficient (Wildman–Crippen LogP) is 4.52. The average molecular weight is 296 g/mol. The van der Waals surface area contributed by atoms with E-state index in [2.05, 4.69) is 13.0 Å². The largest absolute Gasteiger partial charge is 0.294 e. The Balaban J connectivity index is 2.09. The Morgan fingerprint density at radius 3 is 2.32 bits per heavy atom. The van der Waals surface area contributed by atoms with Crippen LogP contribution in [-0.4, -0.2) is 11.6 Å². The van der Waals surface area contributed by atoms with Gasteiger partial charge in [0.25, 0.3) is 0 Å². The first-order valence-corrected chi connectivity index (χ1v) is 8.48. The second-order valence-corrected chi connectivity index (χ2v) is 6.71. The lowest BCUT2D eigenvalue weighted by molar-refractivity contribution is -0.115. The quantitative estimate of drug-likeness (QED) is 0.457. The second-order valence-electron chi connectivity index (χ2n) is 6.71. The zero-order valence-corrected chi connectivity index (χ0v) is 13.6. The Morgan fingerprint density at radius 2 is 1.59 bits per heavy atom. The summed E-state index contributed by atoms with van der Waals surface area (Å²) in [5.74, 6) is 0.0112. The molecule has 0 radical (unpaired) electrons. The van der Waals surface area contributed by atoms with E-state index in [-0.39, 0.29) is 11.6 Å². The van der Waals surface area contributed by atoms with Crippen molar-refractivity contribution in [3.05, 3.63) is 45.5 Å². The number of Topliss-reactive ketones (excluding diaryl/α,β-unsaturated/α-hetero) is 2. The minimum Gasteiger partial charge on any atom is -0.294 e. The molecule has 22 heavy (non-hydrogen) atoms. The van der Waals surface area contributed by atoms with Gasteiger partial charge < -0.3 is 0 Å². The average Bonchev–Trinajstić information content (AvgIpc) is 2.74. The van der Waals surface area contributed by atoms with Crippen LogP contribution < -0.4 is 0 Å². The van der Waals surface area contributed by atoms with Gasteiger partial charge in [-0.2, -0.15) is 0 Å². The highest BCUT2D eigenvalue weighted by atomic mass is 16.1. The molecule has 0 amide bonds. The molecule has 3 rings (SSSR count). The van der Waals surface area contributed by atoms with Gasteiger partial charge in [0.15, 0.2) is 11.6 Å². The topological polar surface area (TPSA) is 34.1 Å². The van der Waals surface area contributed by atoms with Crippen molar-refractivity contribution in [2.24, 2.45) is 0 Å². The third kappa shape index (κ3) is 2.67. The Morgan fingerprint density at radius 1 is 0.864 bits per heavy atom. The van der Waals surface area contributed by atoms with E-state index in [1.807, 2.05) is 13.0 Å². The molecule has 2 heteroatoms. The molecule has 2 aliphatic rings.